The standard InChI is InChI=1S/C15H18BrN3O/c1-11-9-14(10-17-7-8-20-2)19-15(18-11)12-3-5-13(16)6-4-12/h3-6,9,17H,7-8,10H2,1-2H3. The summed E-state index contributed by atoms with van der Waals surface area (Å²) in [5.74, 6) is 0.765. The maximum absolute atomic E-state index is 5.01. The number of aryl methyl sites for hydroxylation is 1. The highest BCUT2D eigenvalue weighted by atomic mass is 79.9. The lowest BCUT2D eigenvalue weighted by molar-refractivity contribution is 0.199. The summed E-state index contributed by atoms with van der Waals surface area (Å²) >= 11 is 3.43. The molecule has 20 heavy (non-hydrogen) atoms. The van der Waals surface area contributed by atoms with Gasteiger partial charge in [0, 0.05) is 35.9 Å². The predicted octanol–water partition coefficient (Wildman–Crippen LogP) is 2.95. The third-order valence-corrected chi connectivity index (χ3v) is 3.33. The van der Waals surface area contributed by atoms with Crippen LogP contribution in [0.2, 0.25) is 0 Å². The van der Waals surface area contributed by atoms with Gasteiger partial charge in [-0.25, -0.2) is 9.97 Å². The highest BCUT2D eigenvalue weighted by Crippen LogP contribution is 2.19. The van der Waals surface area contributed by atoms with Crippen LogP contribution in [0.1, 0.15) is 11.4 Å². The van der Waals surface area contributed by atoms with Crippen LogP contribution in [0.5, 0.6) is 0 Å². The molecule has 0 spiro atoms. The van der Waals surface area contributed by atoms with E-state index in [1.54, 1.807) is 7.11 Å². The molecule has 2 rings (SSSR count). The molecule has 0 atom stereocenters. The summed E-state index contributed by atoms with van der Waals surface area (Å²) in [6.07, 6.45) is 0. The summed E-state index contributed by atoms with van der Waals surface area (Å²) in [7, 11) is 1.70. The fraction of sp³-hybridized carbons (Fsp3) is 0.333. The molecule has 0 bridgehead atoms. The van der Waals surface area contributed by atoms with Crippen molar-refractivity contribution < 1.29 is 4.74 Å². The molecule has 0 unspecified atom stereocenters. The number of aromatic nitrogens is 2. The minimum Gasteiger partial charge on any atom is -0.383 e. The smallest absolute Gasteiger partial charge is 0.159 e. The molecule has 0 aliphatic carbocycles. The van der Waals surface area contributed by atoms with Gasteiger partial charge >= 0.3 is 0 Å². The van der Waals surface area contributed by atoms with Crippen LogP contribution in [-0.2, 0) is 11.3 Å². The summed E-state index contributed by atoms with van der Waals surface area (Å²) in [4.78, 5) is 9.10. The van der Waals surface area contributed by atoms with E-state index in [0.717, 1.165) is 40.3 Å². The molecule has 1 aromatic heterocycles. The summed E-state index contributed by atoms with van der Waals surface area (Å²) < 4.78 is 6.06. The average molecular weight is 336 g/mol. The van der Waals surface area contributed by atoms with Gasteiger partial charge < -0.3 is 10.1 Å². The van der Waals surface area contributed by atoms with E-state index in [9.17, 15) is 0 Å². The van der Waals surface area contributed by atoms with Gasteiger partial charge in [-0.1, -0.05) is 28.1 Å². The van der Waals surface area contributed by atoms with Gasteiger partial charge in [-0.3, -0.25) is 0 Å². The van der Waals surface area contributed by atoms with Gasteiger partial charge in [0.2, 0.25) is 0 Å². The number of nitrogens with zero attached hydrogens (tertiary/aromatic N) is 2. The molecule has 4 nitrogen and oxygen atoms in total. The zero-order valence-corrected chi connectivity index (χ0v) is 13.3. The van der Waals surface area contributed by atoms with E-state index >= 15 is 0 Å². The molecule has 0 radical (unpaired) electrons. The minimum absolute atomic E-state index is 0.698. The first-order chi connectivity index (χ1) is 9.69. The summed E-state index contributed by atoms with van der Waals surface area (Å²) in [5, 5.41) is 3.29. The zero-order valence-electron chi connectivity index (χ0n) is 11.7. The molecule has 0 saturated carbocycles. The van der Waals surface area contributed by atoms with Crippen LogP contribution in [-0.4, -0.2) is 30.2 Å². The van der Waals surface area contributed by atoms with Crippen molar-refractivity contribution in [3.05, 3.63) is 46.2 Å². The Bertz CT molecular complexity index is 558. The van der Waals surface area contributed by atoms with E-state index in [1.807, 2.05) is 37.3 Å². The van der Waals surface area contributed by atoms with Crippen molar-refractivity contribution in [3.8, 4) is 11.4 Å². The van der Waals surface area contributed by atoms with E-state index in [1.165, 1.54) is 0 Å². The molecule has 2 aromatic rings. The third kappa shape index (κ3) is 4.37. The molecule has 0 aliphatic heterocycles. The molecular formula is C15H18BrN3O. The average Bonchev–Trinajstić information content (AvgIpc) is 2.44. The Morgan fingerprint density at radius 1 is 1.20 bits per heavy atom. The monoisotopic (exact) mass is 335 g/mol. The quantitative estimate of drug-likeness (QED) is 0.824. The molecule has 0 saturated heterocycles. The molecule has 0 aliphatic rings. The van der Waals surface area contributed by atoms with Crippen molar-refractivity contribution in [1.82, 2.24) is 15.3 Å². The Balaban J connectivity index is 2.13. The van der Waals surface area contributed by atoms with Crippen LogP contribution < -0.4 is 5.32 Å². The van der Waals surface area contributed by atoms with Crippen LogP contribution in [0.25, 0.3) is 11.4 Å². The molecule has 0 amide bonds. The van der Waals surface area contributed by atoms with E-state index < -0.39 is 0 Å². The molecular weight excluding hydrogens is 318 g/mol. The normalized spacial score (nSPS) is 10.8. The van der Waals surface area contributed by atoms with Crippen molar-refractivity contribution in [2.45, 2.75) is 13.5 Å². The summed E-state index contributed by atoms with van der Waals surface area (Å²) in [6, 6.07) is 10.0. The van der Waals surface area contributed by atoms with Gasteiger partial charge in [-0.2, -0.15) is 0 Å². The van der Waals surface area contributed by atoms with Crippen LogP contribution >= 0.6 is 15.9 Å². The fourth-order valence-corrected chi connectivity index (χ4v) is 2.11. The molecule has 0 fully saturated rings. The Kier molecular flexibility index (Phi) is 5.64. The number of benzene rings is 1. The van der Waals surface area contributed by atoms with Crippen molar-refractivity contribution in [2.75, 3.05) is 20.3 Å². The third-order valence-electron chi connectivity index (χ3n) is 2.80. The van der Waals surface area contributed by atoms with Crippen LogP contribution in [0, 0.1) is 6.92 Å². The largest absolute Gasteiger partial charge is 0.383 e. The van der Waals surface area contributed by atoms with E-state index in [0.29, 0.717) is 6.61 Å². The number of hydrogen-bond donors (Lipinski definition) is 1. The first-order valence-electron chi connectivity index (χ1n) is 6.49. The first kappa shape index (κ1) is 15.1. The Morgan fingerprint density at radius 2 is 1.95 bits per heavy atom. The maximum atomic E-state index is 5.01. The lowest BCUT2D eigenvalue weighted by Crippen LogP contribution is -2.19. The molecule has 1 heterocycles. The Morgan fingerprint density at radius 3 is 2.65 bits per heavy atom. The maximum Gasteiger partial charge on any atom is 0.159 e. The van der Waals surface area contributed by atoms with Crippen molar-refractivity contribution >= 4 is 15.9 Å². The highest BCUT2D eigenvalue weighted by molar-refractivity contribution is 9.10. The number of halogens is 1. The van der Waals surface area contributed by atoms with Gasteiger partial charge in [0.25, 0.3) is 0 Å². The van der Waals surface area contributed by atoms with Gasteiger partial charge in [-0.05, 0) is 25.1 Å². The van der Waals surface area contributed by atoms with Crippen LogP contribution in [0.15, 0.2) is 34.8 Å². The van der Waals surface area contributed by atoms with Crippen molar-refractivity contribution in [3.63, 3.8) is 0 Å². The summed E-state index contributed by atoms with van der Waals surface area (Å²) in [6.45, 7) is 4.22. The minimum atomic E-state index is 0.698. The lowest BCUT2D eigenvalue weighted by Gasteiger charge is -2.07. The topological polar surface area (TPSA) is 47.0 Å². The number of methoxy groups -OCH3 is 1. The Labute approximate surface area is 127 Å². The van der Waals surface area contributed by atoms with Crippen molar-refractivity contribution in [1.29, 1.82) is 0 Å². The molecule has 1 aromatic carbocycles. The Hall–Kier alpha value is -1.30. The second kappa shape index (κ2) is 7.47. The van der Waals surface area contributed by atoms with Crippen LogP contribution in [0.3, 0.4) is 0 Å². The predicted molar refractivity (Wildman–Crippen MR) is 83.5 cm³/mol. The second-order valence-corrected chi connectivity index (χ2v) is 5.42. The number of ether oxygens (including phenoxy) is 1. The first-order valence-corrected chi connectivity index (χ1v) is 7.28. The van der Waals surface area contributed by atoms with Crippen LogP contribution in [0.4, 0.5) is 0 Å². The van der Waals surface area contributed by atoms with Gasteiger partial charge in [-0.15, -0.1) is 0 Å². The fourth-order valence-electron chi connectivity index (χ4n) is 1.84. The summed E-state index contributed by atoms with van der Waals surface area (Å²) in [5.41, 5.74) is 2.99. The second-order valence-electron chi connectivity index (χ2n) is 4.50. The zero-order chi connectivity index (χ0) is 14.4. The van der Waals surface area contributed by atoms with E-state index in [4.69, 9.17) is 4.74 Å². The number of hydrogen-bond acceptors (Lipinski definition) is 4. The van der Waals surface area contributed by atoms with E-state index in [-0.39, 0.29) is 0 Å². The van der Waals surface area contributed by atoms with Gasteiger partial charge in [0.1, 0.15) is 0 Å². The van der Waals surface area contributed by atoms with Gasteiger partial charge in [0.05, 0.1) is 12.3 Å². The lowest BCUT2D eigenvalue weighted by atomic mass is 10.2. The van der Waals surface area contributed by atoms with E-state index in [2.05, 4.69) is 31.2 Å². The molecule has 1 N–H and O–H groups in total. The number of nitrogens with one attached hydrogen (secondary N) is 1. The number of rotatable bonds is 6. The molecule has 5 heteroatoms. The van der Waals surface area contributed by atoms with Gasteiger partial charge in [0.15, 0.2) is 5.82 Å². The van der Waals surface area contributed by atoms with Crippen molar-refractivity contribution in [2.24, 2.45) is 0 Å². The molecule has 106 valence electrons. The highest BCUT2D eigenvalue weighted by Gasteiger charge is 2.05. The SMILES string of the molecule is COCCNCc1cc(C)nc(-c2ccc(Br)cc2)n1.